The van der Waals surface area contributed by atoms with Gasteiger partial charge in [0.1, 0.15) is 10.8 Å². The van der Waals surface area contributed by atoms with E-state index >= 15 is 0 Å². The molecule has 18 heavy (non-hydrogen) atoms. The van der Waals surface area contributed by atoms with Gasteiger partial charge in [0, 0.05) is 5.69 Å². The summed E-state index contributed by atoms with van der Waals surface area (Å²) in [6.07, 6.45) is 0. The summed E-state index contributed by atoms with van der Waals surface area (Å²) >= 11 is 5.69. The second-order valence-electron chi connectivity index (χ2n) is 3.69. The van der Waals surface area contributed by atoms with Crippen molar-refractivity contribution in [2.24, 2.45) is 0 Å². The number of nitrogen functional groups attached to an aromatic ring is 2. The first kappa shape index (κ1) is 12.4. The molecule has 6 heteroatoms. The van der Waals surface area contributed by atoms with Crippen LogP contribution in [0, 0.1) is 11.6 Å². The van der Waals surface area contributed by atoms with Gasteiger partial charge in [0.2, 0.25) is 0 Å². The van der Waals surface area contributed by atoms with E-state index in [4.69, 9.17) is 23.1 Å². The Bertz CT molecular complexity index is 585. The summed E-state index contributed by atoms with van der Waals surface area (Å²) in [6, 6.07) is 6.76. The zero-order chi connectivity index (χ0) is 13.3. The van der Waals surface area contributed by atoms with Gasteiger partial charge < -0.3 is 16.8 Å². The smallest absolute Gasteiger partial charge is 0.169 e. The fraction of sp³-hybridized carbons (Fsp3) is 0. The van der Waals surface area contributed by atoms with Crippen LogP contribution < -0.4 is 16.8 Å². The van der Waals surface area contributed by atoms with Gasteiger partial charge in [-0.05, 0) is 30.3 Å². The van der Waals surface area contributed by atoms with Gasteiger partial charge >= 0.3 is 0 Å². The highest BCUT2D eigenvalue weighted by atomic mass is 35.5. The lowest BCUT2D eigenvalue weighted by molar-refractivity contribution is 0.628. The molecule has 5 N–H and O–H groups in total. The SMILES string of the molecule is Nc1cc(N)c(Nc2ccc(F)cc2)c(F)c1Cl. The van der Waals surface area contributed by atoms with Gasteiger partial charge in [0.15, 0.2) is 5.82 Å². The number of rotatable bonds is 2. The number of anilines is 4. The van der Waals surface area contributed by atoms with Gasteiger partial charge in [-0.15, -0.1) is 0 Å². The van der Waals surface area contributed by atoms with Crippen molar-refractivity contribution in [3.8, 4) is 0 Å². The summed E-state index contributed by atoms with van der Waals surface area (Å²) in [5.41, 5.74) is 11.8. The van der Waals surface area contributed by atoms with Gasteiger partial charge in [-0.2, -0.15) is 0 Å². The van der Waals surface area contributed by atoms with Gasteiger partial charge in [-0.1, -0.05) is 11.6 Å². The van der Waals surface area contributed by atoms with Crippen LogP contribution in [-0.2, 0) is 0 Å². The minimum atomic E-state index is -0.738. The van der Waals surface area contributed by atoms with Crippen molar-refractivity contribution < 1.29 is 8.78 Å². The first-order valence-corrected chi connectivity index (χ1v) is 5.42. The van der Waals surface area contributed by atoms with Crippen LogP contribution in [0.2, 0.25) is 5.02 Å². The highest BCUT2D eigenvalue weighted by Crippen LogP contribution is 2.35. The fourth-order valence-corrected chi connectivity index (χ4v) is 1.62. The van der Waals surface area contributed by atoms with Crippen molar-refractivity contribution in [3.05, 3.63) is 47.0 Å². The number of benzene rings is 2. The monoisotopic (exact) mass is 269 g/mol. The summed E-state index contributed by atoms with van der Waals surface area (Å²) in [4.78, 5) is 0. The molecule has 2 aromatic carbocycles. The average molecular weight is 270 g/mol. The average Bonchev–Trinajstić information content (AvgIpc) is 2.34. The normalized spacial score (nSPS) is 10.4. The van der Waals surface area contributed by atoms with Gasteiger partial charge in [-0.25, -0.2) is 8.78 Å². The molecule has 0 aliphatic rings. The molecule has 3 nitrogen and oxygen atoms in total. The molecule has 0 saturated heterocycles. The van der Waals surface area contributed by atoms with Crippen molar-refractivity contribution in [2.75, 3.05) is 16.8 Å². The molecule has 0 bridgehead atoms. The Morgan fingerprint density at radius 1 is 1.00 bits per heavy atom. The first-order chi connectivity index (χ1) is 8.49. The molecular weight excluding hydrogens is 260 g/mol. The van der Waals surface area contributed by atoms with Gasteiger partial charge in [0.25, 0.3) is 0 Å². The molecule has 0 amide bonds. The second kappa shape index (κ2) is 4.70. The van der Waals surface area contributed by atoms with E-state index < -0.39 is 5.82 Å². The molecule has 94 valence electrons. The van der Waals surface area contributed by atoms with Gasteiger partial charge in [0.05, 0.1) is 17.1 Å². The minimum Gasteiger partial charge on any atom is -0.397 e. The van der Waals surface area contributed by atoms with Crippen LogP contribution in [0.25, 0.3) is 0 Å². The van der Waals surface area contributed by atoms with Crippen LogP contribution in [-0.4, -0.2) is 0 Å². The van der Waals surface area contributed by atoms with E-state index in [0.717, 1.165) is 0 Å². The standard InChI is InChI=1S/C12H10ClF2N3/c13-10-8(16)5-9(17)12(11(10)15)18-7-3-1-6(14)2-4-7/h1-5,18H,16-17H2. The van der Waals surface area contributed by atoms with Crippen molar-refractivity contribution in [1.29, 1.82) is 0 Å². The highest BCUT2D eigenvalue weighted by molar-refractivity contribution is 6.33. The largest absolute Gasteiger partial charge is 0.397 e. The fourth-order valence-electron chi connectivity index (χ4n) is 1.47. The predicted molar refractivity (Wildman–Crippen MR) is 69.9 cm³/mol. The second-order valence-corrected chi connectivity index (χ2v) is 4.07. The van der Waals surface area contributed by atoms with E-state index in [1.807, 2.05) is 0 Å². The van der Waals surface area contributed by atoms with Gasteiger partial charge in [-0.3, -0.25) is 0 Å². The molecule has 2 rings (SSSR count). The van der Waals surface area contributed by atoms with E-state index in [-0.39, 0.29) is 27.9 Å². The molecule has 0 aliphatic carbocycles. The number of hydrogen-bond donors (Lipinski definition) is 3. The van der Waals surface area contributed by atoms with E-state index in [0.29, 0.717) is 5.69 Å². The highest BCUT2D eigenvalue weighted by Gasteiger charge is 2.14. The van der Waals surface area contributed by atoms with Crippen molar-refractivity contribution >= 4 is 34.4 Å². The Balaban J connectivity index is 2.40. The molecule has 2 aromatic rings. The van der Waals surface area contributed by atoms with E-state index in [9.17, 15) is 8.78 Å². The minimum absolute atomic E-state index is 0.0146. The first-order valence-electron chi connectivity index (χ1n) is 5.04. The maximum absolute atomic E-state index is 13.9. The summed E-state index contributed by atoms with van der Waals surface area (Å²) < 4.78 is 26.6. The zero-order valence-electron chi connectivity index (χ0n) is 9.18. The number of nitrogens with two attached hydrogens (primary N) is 2. The lowest BCUT2D eigenvalue weighted by atomic mass is 10.2. The van der Waals surface area contributed by atoms with Crippen LogP contribution >= 0.6 is 11.6 Å². The molecule has 0 aliphatic heterocycles. The summed E-state index contributed by atoms with van der Waals surface area (Å²) in [5.74, 6) is -1.12. The van der Waals surface area contributed by atoms with Crippen LogP contribution in [0.3, 0.4) is 0 Å². The molecule has 0 heterocycles. The van der Waals surface area contributed by atoms with Crippen LogP contribution in [0.4, 0.5) is 31.5 Å². The molecule has 0 radical (unpaired) electrons. The molecule has 0 aromatic heterocycles. The zero-order valence-corrected chi connectivity index (χ0v) is 9.93. The Hall–Kier alpha value is -2.01. The third-order valence-electron chi connectivity index (χ3n) is 2.38. The Kier molecular flexibility index (Phi) is 3.25. The van der Waals surface area contributed by atoms with E-state index in [1.165, 1.54) is 30.3 Å². The summed E-state index contributed by atoms with van der Waals surface area (Å²) in [7, 11) is 0. The van der Waals surface area contributed by atoms with Crippen LogP contribution in [0.1, 0.15) is 0 Å². The molecule has 0 unspecified atom stereocenters. The topological polar surface area (TPSA) is 64.1 Å². The molecule has 0 fully saturated rings. The number of hydrogen-bond acceptors (Lipinski definition) is 3. The third kappa shape index (κ3) is 2.31. The molecule has 0 spiro atoms. The molecule has 0 atom stereocenters. The van der Waals surface area contributed by atoms with Crippen LogP contribution in [0.15, 0.2) is 30.3 Å². The van der Waals surface area contributed by atoms with Crippen LogP contribution in [0.5, 0.6) is 0 Å². The maximum Gasteiger partial charge on any atom is 0.169 e. The quantitative estimate of drug-likeness (QED) is 0.731. The van der Waals surface area contributed by atoms with Crippen molar-refractivity contribution in [2.45, 2.75) is 0 Å². The Morgan fingerprint density at radius 3 is 2.22 bits per heavy atom. The number of nitrogens with one attached hydrogen (secondary N) is 1. The molecular formula is C12H10ClF2N3. The number of halogens is 3. The van der Waals surface area contributed by atoms with E-state index in [2.05, 4.69) is 5.32 Å². The molecule has 0 saturated carbocycles. The lowest BCUT2D eigenvalue weighted by Crippen LogP contribution is -2.02. The summed E-state index contributed by atoms with van der Waals surface area (Å²) in [5, 5.41) is 2.53. The van der Waals surface area contributed by atoms with E-state index in [1.54, 1.807) is 0 Å². The summed E-state index contributed by atoms with van der Waals surface area (Å²) in [6.45, 7) is 0. The van der Waals surface area contributed by atoms with Crippen molar-refractivity contribution in [3.63, 3.8) is 0 Å². The predicted octanol–water partition coefficient (Wildman–Crippen LogP) is 3.53. The Labute approximate surface area is 107 Å². The third-order valence-corrected chi connectivity index (χ3v) is 2.76. The maximum atomic E-state index is 13.9. The van der Waals surface area contributed by atoms with Crippen molar-refractivity contribution in [1.82, 2.24) is 0 Å². The lowest BCUT2D eigenvalue weighted by Gasteiger charge is -2.12. The Morgan fingerprint density at radius 2 is 1.61 bits per heavy atom.